The fourth-order valence-electron chi connectivity index (χ4n) is 4.68. The van der Waals surface area contributed by atoms with Crippen molar-refractivity contribution in [3.05, 3.63) is 64.7 Å². The predicted octanol–water partition coefficient (Wildman–Crippen LogP) is 2.87. The number of rotatable bonds is 5. The summed E-state index contributed by atoms with van der Waals surface area (Å²) in [7, 11) is -3.32. The van der Waals surface area contributed by atoms with Crippen LogP contribution in [0, 0.1) is 6.92 Å². The van der Waals surface area contributed by atoms with Gasteiger partial charge in [0.2, 0.25) is 10.0 Å². The van der Waals surface area contributed by atoms with Gasteiger partial charge >= 0.3 is 0 Å². The van der Waals surface area contributed by atoms with E-state index in [1.165, 1.54) is 10.6 Å². The lowest BCUT2D eigenvalue weighted by Crippen LogP contribution is -2.44. The smallest absolute Gasteiger partial charge is 0.232 e. The molecule has 2 aliphatic heterocycles. The van der Waals surface area contributed by atoms with E-state index in [0.717, 1.165) is 29.5 Å². The minimum absolute atomic E-state index is 0.0280. The quantitative estimate of drug-likeness (QED) is 0.721. The highest BCUT2D eigenvalue weighted by molar-refractivity contribution is 7.92. The van der Waals surface area contributed by atoms with E-state index in [1.807, 2.05) is 37.3 Å². The zero-order valence-corrected chi connectivity index (χ0v) is 19.0. The highest BCUT2D eigenvalue weighted by Gasteiger charge is 2.34. The first kappa shape index (κ1) is 22.0. The van der Waals surface area contributed by atoms with Crippen molar-refractivity contribution >= 4 is 21.5 Å². The number of sulfonamides is 1. The SMILES string of the molecule is Cc1cccc(C2(O)CCN(CC(=O)c3ccc4c(c3)CCCN4S(C)(=O)=O)CC2)c1. The van der Waals surface area contributed by atoms with Gasteiger partial charge in [-0.1, -0.05) is 29.8 Å². The Labute approximate surface area is 184 Å². The van der Waals surface area contributed by atoms with Gasteiger partial charge in [0.1, 0.15) is 0 Å². The largest absolute Gasteiger partial charge is 0.385 e. The van der Waals surface area contributed by atoms with E-state index < -0.39 is 15.6 Å². The first-order chi connectivity index (χ1) is 14.7. The highest BCUT2D eigenvalue weighted by atomic mass is 32.2. The minimum Gasteiger partial charge on any atom is -0.385 e. The van der Waals surface area contributed by atoms with Crippen molar-refractivity contribution in [2.75, 3.05) is 36.7 Å². The standard InChI is InChI=1S/C24H30N2O4S/c1-18-5-3-7-21(15-18)24(28)10-13-25(14-11-24)17-23(27)20-8-9-22-19(16-20)6-4-12-26(22)31(2,29)30/h3,5,7-9,15-16,28H,4,6,10-14,17H2,1-2H3. The van der Waals surface area contributed by atoms with Crippen molar-refractivity contribution < 1.29 is 18.3 Å². The maximum absolute atomic E-state index is 12.9. The molecule has 0 atom stereocenters. The summed E-state index contributed by atoms with van der Waals surface area (Å²) in [6.45, 7) is 4.12. The van der Waals surface area contributed by atoms with Gasteiger partial charge in [-0.3, -0.25) is 14.0 Å². The zero-order valence-electron chi connectivity index (χ0n) is 18.2. The number of hydrogen-bond donors (Lipinski definition) is 1. The number of ketones is 1. The maximum Gasteiger partial charge on any atom is 0.232 e. The Kier molecular flexibility index (Phi) is 5.94. The molecule has 2 aliphatic rings. The lowest BCUT2D eigenvalue weighted by Gasteiger charge is -2.38. The molecule has 0 unspecified atom stereocenters. The van der Waals surface area contributed by atoms with Crippen LogP contribution in [0.2, 0.25) is 0 Å². The van der Waals surface area contributed by atoms with E-state index in [0.29, 0.717) is 50.3 Å². The molecule has 0 amide bonds. The number of aliphatic hydroxyl groups is 1. The third-order valence-corrected chi connectivity index (χ3v) is 7.66. The van der Waals surface area contributed by atoms with Crippen molar-refractivity contribution in [2.45, 2.75) is 38.2 Å². The Hall–Kier alpha value is -2.22. The molecule has 31 heavy (non-hydrogen) atoms. The number of hydrogen-bond acceptors (Lipinski definition) is 5. The second-order valence-corrected chi connectivity index (χ2v) is 10.8. The molecule has 0 aromatic heterocycles. The fourth-order valence-corrected chi connectivity index (χ4v) is 5.68. The monoisotopic (exact) mass is 442 g/mol. The zero-order chi connectivity index (χ0) is 22.2. The minimum atomic E-state index is -3.32. The van der Waals surface area contributed by atoms with E-state index in [9.17, 15) is 18.3 Å². The number of nitrogens with zero attached hydrogens (tertiary/aromatic N) is 2. The summed E-state index contributed by atoms with van der Waals surface area (Å²) in [6.07, 6.45) is 3.93. The third-order valence-electron chi connectivity index (χ3n) is 6.48. The molecule has 0 radical (unpaired) electrons. The lowest BCUT2D eigenvalue weighted by molar-refractivity contribution is -0.0245. The lowest BCUT2D eigenvalue weighted by atomic mass is 9.84. The second kappa shape index (κ2) is 8.37. The van der Waals surface area contributed by atoms with Crippen LogP contribution in [0.3, 0.4) is 0 Å². The summed E-state index contributed by atoms with van der Waals surface area (Å²) in [5.74, 6) is 0.0280. The van der Waals surface area contributed by atoms with Crippen LogP contribution < -0.4 is 4.31 Å². The van der Waals surface area contributed by atoms with Gasteiger partial charge in [0, 0.05) is 25.2 Å². The van der Waals surface area contributed by atoms with Crippen LogP contribution in [0.4, 0.5) is 5.69 Å². The van der Waals surface area contributed by atoms with Crippen LogP contribution in [0.5, 0.6) is 0 Å². The van der Waals surface area contributed by atoms with E-state index in [2.05, 4.69) is 4.90 Å². The number of aryl methyl sites for hydroxylation is 2. The number of anilines is 1. The summed E-state index contributed by atoms with van der Waals surface area (Å²) >= 11 is 0. The Morgan fingerprint density at radius 1 is 1.10 bits per heavy atom. The molecule has 1 saturated heterocycles. The Morgan fingerprint density at radius 2 is 1.84 bits per heavy atom. The average molecular weight is 443 g/mol. The molecule has 1 N–H and O–H groups in total. The Balaban J connectivity index is 1.42. The van der Waals surface area contributed by atoms with Crippen LogP contribution in [0.25, 0.3) is 0 Å². The fraction of sp³-hybridized carbons (Fsp3) is 0.458. The molecule has 1 fully saturated rings. The summed E-state index contributed by atoms with van der Waals surface area (Å²) in [5, 5.41) is 11.1. The molecular formula is C24H30N2O4S. The molecule has 0 bridgehead atoms. The van der Waals surface area contributed by atoms with Gasteiger partial charge in [-0.25, -0.2) is 8.42 Å². The summed E-state index contributed by atoms with van der Waals surface area (Å²) < 4.78 is 25.5. The molecule has 7 heteroatoms. The van der Waals surface area contributed by atoms with Gasteiger partial charge in [-0.15, -0.1) is 0 Å². The maximum atomic E-state index is 12.9. The summed E-state index contributed by atoms with van der Waals surface area (Å²) in [4.78, 5) is 15.0. The molecule has 0 aliphatic carbocycles. The van der Waals surface area contributed by atoms with Crippen LogP contribution in [-0.4, -0.2) is 56.6 Å². The van der Waals surface area contributed by atoms with Crippen molar-refractivity contribution in [1.29, 1.82) is 0 Å². The number of piperidine rings is 1. The Morgan fingerprint density at radius 3 is 2.52 bits per heavy atom. The second-order valence-electron chi connectivity index (χ2n) is 8.88. The van der Waals surface area contributed by atoms with Crippen molar-refractivity contribution in [1.82, 2.24) is 4.90 Å². The van der Waals surface area contributed by atoms with Gasteiger partial charge in [-0.2, -0.15) is 0 Å². The molecule has 2 aromatic rings. The Bertz CT molecular complexity index is 1090. The molecule has 0 spiro atoms. The third kappa shape index (κ3) is 4.68. The van der Waals surface area contributed by atoms with Crippen molar-refractivity contribution in [3.8, 4) is 0 Å². The normalized spacial score (nSPS) is 19.1. The van der Waals surface area contributed by atoms with Gasteiger partial charge < -0.3 is 5.11 Å². The van der Waals surface area contributed by atoms with Gasteiger partial charge in [0.05, 0.1) is 24.1 Å². The van der Waals surface area contributed by atoms with Crippen molar-refractivity contribution in [2.24, 2.45) is 0 Å². The average Bonchev–Trinajstić information content (AvgIpc) is 2.74. The number of likely N-dealkylation sites (tertiary alicyclic amines) is 1. The van der Waals surface area contributed by atoms with E-state index in [-0.39, 0.29) is 5.78 Å². The molecular weight excluding hydrogens is 412 g/mol. The molecule has 4 rings (SSSR count). The predicted molar refractivity (Wildman–Crippen MR) is 122 cm³/mol. The van der Waals surface area contributed by atoms with Gasteiger partial charge in [-0.05, 0) is 61.9 Å². The molecule has 166 valence electrons. The van der Waals surface area contributed by atoms with Crippen LogP contribution in [-0.2, 0) is 22.0 Å². The number of fused-ring (bicyclic) bond motifs is 1. The summed E-state index contributed by atoms with van der Waals surface area (Å²) in [5.41, 5.74) is 3.45. The van der Waals surface area contributed by atoms with Crippen LogP contribution in [0.1, 0.15) is 46.3 Å². The topological polar surface area (TPSA) is 77.9 Å². The molecule has 6 nitrogen and oxygen atoms in total. The number of Topliss-reactive ketones (excluding diaryl/α,β-unsaturated/α-hetero) is 1. The molecule has 2 aromatic carbocycles. The van der Waals surface area contributed by atoms with E-state index in [1.54, 1.807) is 12.1 Å². The van der Waals surface area contributed by atoms with E-state index in [4.69, 9.17) is 0 Å². The number of carbonyl (C=O) groups is 1. The van der Waals surface area contributed by atoms with Crippen LogP contribution in [0.15, 0.2) is 42.5 Å². The first-order valence-corrected chi connectivity index (χ1v) is 12.7. The van der Waals surface area contributed by atoms with Crippen molar-refractivity contribution in [3.63, 3.8) is 0 Å². The summed E-state index contributed by atoms with van der Waals surface area (Å²) in [6, 6.07) is 13.3. The number of benzene rings is 2. The first-order valence-electron chi connectivity index (χ1n) is 10.8. The van der Waals surface area contributed by atoms with Gasteiger partial charge in [0.25, 0.3) is 0 Å². The van der Waals surface area contributed by atoms with Gasteiger partial charge in [0.15, 0.2) is 5.78 Å². The number of carbonyl (C=O) groups excluding carboxylic acids is 1. The van der Waals surface area contributed by atoms with Crippen LogP contribution >= 0.6 is 0 Å². The molecule has 0 saturated carbocycles. The molecule has 2 heterocycles. The highest BCUT2D eigenvalue weighted by Crippen LogP contribution is 2.34. The van der Waals surface area contributed by atoms with E-state index >= 15 is 0 Å².